The van der Waals surface area contributed by atoms with E-state index in [0.29, 0.717) is 11.2 Å². The topological polar surface area (TPSA) is 114 Å². The minimum Gasteiger partial charge on any atom is -0.380 e. The normalized spacial score (nSPS) is 18.5. The summed E-state index contributed by atoms with van der Waals surface area (Å²) in [5.41, 5.74) is -0.365. The molecule has 2 aliphatic rings. The van der Waals surface area contributed by atoms with Crippen molar-refractivity contribution in [3.63, 3.8) is 0 Å². The largest absolute Gasteiger partial charge is 0.380 e. The van der Waals surface area contributed by atoms with Gasteiger partial charge in [0.15, 0.2) is 0 Å². The Morgan fingerprint density at radius 2 is 1.69 bits per heavy atom. The molecule has 1 aromatic heterocycles. The average Bonchev–Trinajstić information content (AvgIpc) is 3.26. The average molecular weight is 467 g/mol. The fraction of sp³-hybridized carbons (Fsp3) is 0.636. The van der Waals surface area contributed by atoms with Gasteiger partial charge in [-0.2, -0.15) is 0 Å². The van der Waals surface area contributed by atoms with Crippen LogP contribution in [0.4, 0.5) is 10.1 Å². The number of hydrogen-bond acceptors (Lipinski definition) is 4. The lowest BCUT2D eigenvalue weighted by molar-refractivity contribution is 0.369. The second kappa shape index (κ2) is 9.49. The molecule has 0 saturated heterocycles. The van der Waals surface area contributed by atoms with Crippen molar-refractivity contribution in [2.75, 3.05) is 11.5 Å². The maximum Gasteiger partial charge on any atom is 0.331 e. The van der Waals surface area contributed by atoms with Gasteiger partial charge >= 0.3 is 13.3 Å². The minimum atomic E-state index is -4.24. The fourth-order valence-electron chi connectivity index (χ4n) is 5.12. The van der Waals surface area contributed by atoms with Gasteiger partial charge in [-0.1, -0.05) is 32.1 Å². The number of nitrogens with one attached hydrogen (secondary N) is 1. The highest BCUT2D eigenvalue weighted by Gasteiger charge is 2.25. The molecule has 1 aromatic carbocycles. The second-order valence-electron chi connectivity index (χ2n) is 9.12. The van der Waals surface area contributed by atoms with Gasteiger partial charge in [0.1, 0.15) is 5.82 Å². The quantitative estimate of drug-likeness (QED) is 0.535. The summed E-state index contributed by atoms with van der Waals surface area (Å²) in [6.07, 6.45) is 8.44. The Kier molecular flexibility index (Phi) is 6.89. The predicted octanol–water partition coefficient (Wildman–Crippen LogP) is 3.73. The van der Waals surface area contributed by atoms with Gasteiger partial charge in [-0.05, 0) is 44.2 Å². The molecule has 0 radical (unpaired) electrons. The van der Waals surface area contributed by atoms with Crippen LogP contribution in [-0.2, 0) is 11.1 Å². The Morgan fingerprint density at radius 3 is 2.34 bits per heavy atom. The molecule has 176 valence electrons. The highest BCUT2D eigenvalue weighted by Crippen LogP contribution is 2.35. The van der Waals surface area contributed by atoms with Gasteiger partial charge in [-0.25, -0.2) is 9.18 Å². The predicted molar refractivity (Wildman–Crippen MR) is 122 cm³/mol. The van der Waals surface area contributed by atoms with Crippen LogP contribution in [0.2, 0.25) is 0 Å². The van der Waals surface area contributed by atoms with Crippen LogP contribution in [0.1, 0.15) is 70.3 Å². The monoisotopic (exact) mass is 467 g/mol. The summed E-state index contributed by atoms with van der Waals surface area (Å²) >= 11 is 0. The Labute approximate surface area is 185 Å². The highest BCUT2D eigenvalue weighted by molar-refractivity contribution is 7.51. The van der Waals surface area contributed by atoms with Gasteiger partial charge in [0.05, 0.1) is 22.8 Å². The lowest BCUT2D eigenvalue weighted by Crippen LogP contribution is -2.41. The SMILES string of the molecule is O=c1c2cc(F)c(NC3CCCCC3)cc2n(C2CCCC2)c(=O)n1CCCP(=O)(O)O. The molecular weight excluding hydrogens is 436 g/mol. The molecule has 0 unspecified atom stereocenters. The van der Waals surface area contributed by atoms with Crippen molar-refractivity contribution >= 4 is 24.2 Å². The summed E-state index contributed by atoms with van der Waals surface area (Å²) in [4.78, 5) is 44.7. The van der Waals surface area contributed by atoms with E-state index in [1.54, 1.807) is 10.6 Å². The van der Waals surface area contributed by atoms with E-state index in [9.17, 15) is 14.2 Å². The first-order valence-corrected chi connectivity index (χ1v) is 13.3. The zero-order valence-corrected chi connectivity index (χ0v) is 19.0. The van der Waals surface area contributed by atoms with Crippen LogP contribution in [0.5, 0.6) is 0 Å². The van der Waals surface area contributed by atoms with Crippen LogP contribution < -0.4 is 16.6 Å². The first kappa shape index (κ1) is 23.2. The van der Waals surface area contributed by atoms with Crippen molar-refractivity contribution < 1.29 is 18.7 Å². The van der Waals surface area contributed by atoms with E-state index < -0.39 is 30.8 Å². The van der Waals surface area contributed by atoms with Crippen molar-refractivity contribution in [3.05, 3.63) is 38.8 Å². The third kappa shape index (κ3) is 5.00. The number of rotatable bonds is 7. The molecule has 2 aliphatic carbocycles. The smallest absolute Gasteiger partial charge is 0.331 e. The number of benzene rings is 1. The maximum atomic E-state index is 15.0. The third-order valence-corrected chi connectivity index (χ3v) is 7.64. The van der Waals surface area contributed by atoms with Crippen molar-refractivity contribution in [2.45, 2.75) is 82.8 Å². The first-order chi connectivity index (χ1) is 15.2. The van der Waals surface area contributed by atoms with Crippen LogP contribution >= 0.6 is 7.60 Å². The zero-order valence-electron chi connectivity index (χ0n) is 18.1. The van der Waals surface area contributed by atoms with E-state index >= 15 is 4.39 Å². The molecule has 0 atom stereocenters. The molecule has 0 spiro atoms. The number of halogens is 1. The molecule has 3 N–H and O–H groups in total. The standard InChI is InChI=1S/C22H31FN3O5P/c23-18-13-17-20(14-19(18)24-15-7-2-1-3-8-15)26(16-9-4-5-10-16)22(28)25(21(17)27)11-6-12-32(29,30)31/h13-16,24H,1-12H2,(H2,29,30,31). The maximum absolute atomic E-state index is 15.0. The Morgan fingerprint density at radius 1 is 1.03 bits per heavy atom. The number of nitrogens with zero attached hydrogens (tertiary/aromatic N) is 2. The zero-order chi connectivity index (χ0) is 22.9. The van der Waals surface area contributed by atoms with E-state index in [1.165, 1.54) is 12.5 Å². The number of anilines is 1. The second-order valence-corrected chi connectivity index (χ2v) is 10.9. The van der Waals surface area contributed by atoms with Gasteiger partial charge in [-0.3, -0.25) is 18.5 Å². The van der Waals surface area contributed by atoms with Crippen LogP contribution in [0.15, 0.2) is 21.7 Å². The molecule has 2 saturated carbocycles. The third-order valence-electron chi connectivity index (χ3n) is 6.74. The van der Waals surface area contributed by atoms with Crippen LogP contribution in [-0.4, -0.2) is 31.1 Å². The molecule has 2 fully saturated rings. The minimum absolute atomic E-state index is 0.0145. The Balaban J connectivity index is 1.79. The molecule has 4 rings (SSSR count). The first-order valence-electron chi connectivity index (χ1n) is 11.5. The number of aromatic nitrogens is 2. The van der Waals surface area contributed by atoms with Crippen molar-refractivity contribution in [1.29, 1.82) is 0 Å². The lowest BCUT2D eigenvalue weighted by atomic mass is 9.95. The summed E-state index contributed by atoms with van der Waals surface area (Å²) in [5.74, 6) is -0.529. The molecular formula is C22H31FN3O5P. The van der Waals surface area contributed by atoms with E-state index in [-0.39, 0.29) is 30.4 Å². The molecule has 1 heterocycles. The Hall–Kier alpha value is -1.96. The summed E-state index contributed by atoms with van der Waals surface area (Å²) < 4.78 is 28.8. The summed E-state index contributed by atoms with van der Waals surface area (Å²) in [6.45, 7) is -0.116. The van der Waals surface area contributed by atoms with Gasteiger partial charge in [-0.15, -0.1) is 0 Å². The lowest BCUT2D eigenvalue weighted by Gasteiger charge is -2.25. The van der Waals surface area contributed by atoms with Crippen molar-refractivity contribution in [2.24, 2.45) is 0 Å². The van der Waals surface area contributed by atoms with E-state index in [4.69, 9.17) is 9.79 Å². The summed E-state index contributed by atoms with van der Waals surface area (Å²) in [6, 6.07) is 2.90. The van der Waals surface area contributed by atoms with Crippen LogP contribution in [0, 0.1) is 5.82 Å². The fourth-order valence-corrected chi connectivity index (χ4v) is 5.68. The van der Waals surface area contributed by atoms with Crippen molar-refractivity contribution in [3.8, 4) is 0 Å². The highest BCUT2D eigenvalue weighted by atomic mass is 31.2. The van der Waals surface area contributed by atoms with E-state index in [0.717, 1.165) is 55.9 Å². The molecule has 32 heavy (non-hydrogen) atoms. The Bertz CT molecular complexity index is 1140. The number of fused-ring (bicyclic) bond motifs is 1. The van der Waals surface area contributed by atoms with Gasteiger partial charge < -0.3 is 15.1 Å². The van der Waals surface area contributed by atoms with Crippen molar-refractivity contribution in [1.82, 2.24) is 9.13 Å². The van der Waals surface area contributed by atoms with E-state index in [2.05, 4.69) is 5.32 Å². The molecule has 8 nitrogen and oxygen atoms in total. The molecule has 10 heteroatoms. The molecule has 0 aliphatic heterocycles. The number of hydrogen-bond donors (Lipinski definition) is 3. The molecule has 0 bridgehead atoms. The molecule has 0 amide bonds. The summed E-state index contributed by atoms with van der Waals surface area (Å²) in [7, 11) is -4.24. The summed E-state index contributed by atoms with van der Waals surface area (Å²) in [5, 5.41) is 3.40. The van der Waals surface area contributed by atoms with Gasteiger partial charge in [0, 0.05) is 18.6 Å². The van der Waals surface area contributed by atoms with Gasteiger partial charge in [0.25, 0.3) is 5.56 Å². The van der Waals surface area contributed by atoms with E-state index in [1.807, 2.05) is 0 Å². The van der Waals surface area contributed by atoms with Crippen LogP contribution in [0.3, 0.4) is 0 Å². The molecule has 2 aromatic rings. The van der Waals surface area contributed by atoms with Crippen LogP contribution in [0.25, 0.3) is 10.9 Å². The van der Waals surface area contributed by atoms with Gasteiger partial charge in [0.2, 0.25) is 0 Å².